The van der Waals surface area contributed by atoms with E-state index in [0.29, 0.717) is 0 Å². The van der Waals surface area contributed by atoms with E-state index in [2.05, 4.69) is 93.1 Å². The number of pyridine rings is 1. The third-order valence-corrected chi connectivity index (χ3v) is 6.94. The molecule has 0 unspecified atom stereocenters. The van der Waals surface area contributed by atoms with Crippen LogP contribution in [0.2, 0.25) is 0 Å². The molecular formula is C25H26N+. The monoisotopic (exact) mass is 340 g/mol. The molecule has 0 saturated carbocycles. The summed E-state index contributed by atoms with van der Waals surface area (Å²) in [5.74, 6) is 0. The van der Waals surface area contributed by atoms with Gasteiger partial charge in [-0.2, -0.15) is 4.57 Å². The molecule has 5 rings (SSSR count). The molecule has 0 N–H and O–H groups in total. The molecular weight excluding hydrogens is 314 g/mol. The Morgan fingerprint density at radius 3 is 2.38 bits per heavy atom. The number of aromatic nitrogens is 1. The third kappa shape index (κ3) is 1.74. The van der Waals surface area contributed by atoms with Crippen LogP contribution in [0.1, 0.15) is 57.2 Å². The van der Waals surface area contributed by atoms with E-state index in [1.54, 1.807) is 0 Å². The van der Waals surface area contributed by atoms with E-state index in [1.165, 1.54) is 38.7 Å². The molecule has 1 nitrogen and oxygen atoms in total. The van der Waals surface area contributed by atoms with Crippen molar-refractivity contribution in [3.63, 3.8) is 0 Å². The van der Waals surface area contributed by atoms with E-state index in [9.17, 15) is 0 Å². The normalized spacial score (nSPS) is 18.0. The first-order chi connectivity index (χ1) is 12.5. The predicted octanol–water partition coefficient (Wildman–Crippen LogP) is 5.98. The molecule has 0 bridgehead atoms. The van der Waals surface area contributed by atoms with Crippen molar-refractivity contribution in [1.82, 2.24) is 0 Å². The van der Waals surface area contributed by atoms with E-state index >= 15 is 0 Å². The number of benzene rings is 2. The smallest absolute Gasteiger partial charge is 0.189 e. The minimum atomic E-state index is 0.0102. The van der Waals surface area contributed by atoms with Crippen LogP contribution in [0.25, 0.3) is 28.1 Å². The standard InChI is InChI=1S/C25H26N/c1-5-25(6-2)15-13-17-9-7-11-19-21(17)23-22-18(14-16-26(23)25)10-8-12-20(22)24(19,3)4/h7-16H,5-6H2,1-4H3/q+1. The van der Waals surface area contributed by atoms with Gasteiger partial charge in [0.05, 0.1) is 10.9 Å². The van der Waals surface area contributed by atoms with Gasteiger partial charge in [0.25, 0.3) is 0 Å². The van der Waals surface area contributed by atoms with Crippen molar-refractivity contribution >= 4 is 16.8 Å². The molecule has 1 aliphatic carbocycles. The quantitative estimate of drug-likeness (QED) is 0.506. The molecule has 26 heavy (non-hydrogen) atoms. The summed E-state index contributed by atoms with van der Waals surface area (Å²) in [6, 6.07) is 16.0. The van der Waals surface area contributed by atoms with Crippen LogP contribution in [0, 0.1) is 0 Å². The third-order valence-electron chi connectivity index (χ3n) is 6.94. The van der Waals surface area contributed by atoms with Crippen molar-refractivity contribution in [2.24, 2.45) is 0 Å². The second kappa shape index (κ2) is 5.07. The zero-order valence-electron chi connectivity index (χ0n) is 16.1. The van der Waals surface area contributed by atoms with Gasteiger partial charge < -0.3 is 0 Å². The van der Waals surface area contributed by atoms with Crippen molar-refractivity contribution in [2.45, 2.75) is 51.5 Å². The Hall–Kier alpha value is -2.41. The molecule has 0 spiro atoms. The fourth-order valence-corrected chi connectivity index (χ4v) is 5.25. The number of hydrogen-bond acceptors (Lipinski definition) is 0. The van der Waals surface area contributed by atoms with E-state index in [0.717, 1.165) is 12.8 Å². The topological polar surface area (TPSA) is 3.88 Å². The highest BCUT2D eigenvalue weighted by Gasteiger charge is 2.45. The second-order valence-corrected chi connectivity index (χ2v) is 8.34. The lowest BCUT2D eigenvalue weighted by Crippen LogP contribution is -2.55. The van der Waals surface area contributed by atoms with Crippen molar-refractivity contribution < 1.29 is 4.57 Å². The summed E-state index contributed by atoms with van der Waals surface area (Å²) in [5, 5.41) is 2.79. The van der Waals surface area contributed by atoms with E-state index in [-0.39, 0.29) is 11.0 Å². The molecule has 0 amide bonds. The van der Waals surface area contributed by atoms with Gasteiger partial charge in [-0.3, -0.25) is 0 Å². The van der Waals surface area contributed by atoms with Gasteiger partial charge in [0, 0.05) is 24.3 Å². The lowest BCUT2D eigenvalue weighted by Gasteiger charge is -2.35. The Morgan fingerprint density at radius 1 is 0.885 bits per heavy atom. The van der Waals surface area contributed by atoms with Gasteiger partial charge in [-0.1, -0.05) is 70.2 Å². The van der Waals surface area contributed by atoms with Crippen LogP contribution in [0.3, 0.4) is 0 Å². The number of nitrogens with zero attached hydrogens (tertiary/aromatic N) is 1. The largest absolute Gasteiger partial charge is 0.222 e. The molecule has 0 radical (unpaired) electrons. The average Bonchev–Trinajstić information content (AvgIpc) is 2.81. The lowest BCUT2D eigenvalue weighted by molar-refractivity contribution is -0.742. The van der Waals surface area contributed by atoms with Crippen molar-refractivity contribution in [1.29, 1.82) is 0 Å². The molecule has 2 heterocycles. The van der Waals surface area contributed by atoms with Crippen molar-refractivity contribution in [3.05, 3.63) is 71.4 Å². The SMILES string of the molecule is CCC1(CC)C=Cc2cccc3c2-c2c4c(cccc4cc[n+]21)C3(C)C. The van der Waals surface area contributed by atoms with Crippen LogP contribution in [0.5, 0.6) is 0 Å². The van der Waals surface area contributed by atoms with Crippen LogP contribution >= 0.6 is 0 Å². The van der Waals surface area contributed by atoms with Crippen LogP contribution in [-0.2, 0) is 11.0 Å². The Labute approximate surface area is 156 Å². The van der Waals surface area contributed by atoms with Gasteiger partial charge in [-0.05, 0) is 28.2 Å². The van der Waals surface area contributed by atoms with E-state index in [4.69, 9.17) is 0 Å². The fraction of sp³-hybridized carbons (Fsp3) is 0.320. The fourth-order valence-electron chi connectivity index (χ4n) is 5.25. The summed E-state index contributed by atoms with van der Waals surface area (Å²) < 4.78 is 2.57. The summed E-state index contributed by atoms with van der Waals surface area (Å²) in [6.07, 6.45) is 9.33. The minimum Gasteiger partial charge on any atom is -0.189 e. The summed E-state index contributed by atoms with van der Waals surface area (Å²) in [4.78, 5) is 0. The summed E-state index contributed by atoms with van der Waals surface area (Å²) >= 11 is 0. The maximum atomic E-state index is 2.57. The molecule has 0 saturated heterocycles. The zero-order valence-corrected chi connectivity index (χ0v) is 16.1. The van der Waals surface area contributed by atoms with Crippen molar-refractivity contribution in [2.75, 3.05) is 0 Å². The lowest BCUT2D eigenvalue weighted by atomic mass is 9.68. The first kappa shape index (κ1) is 15.8. The van der Waals surface area contributed by atoms with Gasteiger partial charge in [-0.15, -0.1) is 0 Å². The maximum absolute atomic E-state index is 2.57. The number of hydrogen-bond donors (Lipinski definition) is 0. The van der Waals surface area contributed by atoms with Gasteiger partial charge >= 0.3 is 0 Å². The Balaban J connectivity index is 2.09. The molecule has 2 aromatic carbocycles. The van der Waals surface area contributed by atoms with Crippen LogP contribution in [-0.4, -0.2) is 0 Å². The van der Waals surface area contributed by atoms with E-state index < -0.39 is 0 Å². The summed E-state index contributed by atoms with van der Waals surface area (Å²) in [6.45, 7) is 9.37. The van der Waals surface area contributed by atoms with Crippen LogP contribution < -0.4 is 4.57 Å². The number of allylic oxidation sites excluding steroid dienone is 1. The van der Waals surface area contributed by atoms with Gasteiger partial charge in [-0.25, -0.2) is 0 Å². The van der Waals surface area contributed by atoms with Gasteiger partial charge in [0.15, 0.2) is 11.7 Å². The Kier molecular flexibility index (Phi) is 3.08. The molecule has 2 aliphatic rings. The van der Waals surface area contributed by atoms with Crippen LogP contribution in [0.4, 0.5) is 0 Å². The van der Waals surface area contributed by atoms with Gasteiger partial charge in [0.1, 0.15) is 0 Å². The Morgan fingerprint density at radius 2 is 1.62 bits per heavy atom. The first-order valence-electron chi connectivity index (χ1n) is 9.85. The van der Waals surface area contributed by atoms with Crippen molar-refractivity contribution in [3.8, 4) is 11.3 Å². The average molecular weight is 340 g/mol. The summed E-state index contributed by atoms with van der Waals surface area (Å²) in [5.41, 5.74) is 7.15. The van der Waals surface area contributed by atoms with Crippen LogP contribution in [0.15, 0.2) is 54.7 Å². The highest BCUT2D eigenvalue weighted by atomic mass is 15.1. The molecule has 0 atom stereocenters. The minimum absolute atomic E-state index is 0.0102. The maximum Gasteiger partial charge on any atom is 0.222 e. The highest BCUT2D eigenvalue weighted by Crippen LogP contribution is 2.50. The predicted molar refractivity (Wildman–Crippen MR) is 109 cm³/mol. The second-order valence-electron chi connectivity index (χ2n) is 8.34. The molecule has 1 heteroatoms. The molecule has 3 aromatic rings. The summed E-state index contributed by atoms with van der Waals surface area (Å²) in [7, 11) is 0. The highest BCUT2D eigenvalue weighted by molar-refractivity contribution is 6.02. The molecule has 130 valence electrons. The number of rotatable bonds is 2. The van der Waals surface area contributed by atoms with E-state index in [1.807, 2.05) is 0 Å². The molecule has 1 aliphatic heterocycles. The molecule has 1 aromatic heterocycles. The zero-order chi connectivity index (χ0) is 18.1. The Bertz CT molecular complexity index is 1080. The van der Waals surface area contributed by atoms with Gasteiger partial charge in [0.2, 0.25) is 5.69 Å². The molecule has 0 fully saturated rings. The first-order valence-corrected chi connectivity index (χ1v) is 9.85.